The first kappa shape index (κ1) is 18.8. The summed E-state index contributed by atoms with van der Waals surface area (Å²) in [7, 11) is 0. The van der Waals surface area contributed by atoms with Gasteiger partial charge in [0.2, 0.25) is 0 Å². The highest BCUT2D eigenvalue weighted by Crippen LogP contribution is 2.49. The van der Waals surface area contributed by atoms with Crippen LogP contribution < -0.4 is 0 Å². The monoisotopic (exact) mass is 424 g/mol. The molecule has 30 heavy (non-hydrogen) atoms. The van der Waals surface area contributed by atoms with Crippen LogP contribution in [0.5, 0.6) is 0 Å². The number of fused-ring (bicyclic) bond motifs is 1. The topological polar surface area (TPSA) is 100 Å². The summed E-state index contributed by atoms with van der Waals surface area (Å²) in [6, 6.07) is 7.84. The van der Waals surface area contributed by atoms with Crippen molar-refractivity contribution in [1.29, 1.82) is 0 Å². The lowest BCUT2D eigenvalue weighted by Gasteiger charge is -2.37. The second-order valence-corrected chi connectivity index (χ2v) is 8.18. The van der Waals surface area contributed by atoms with E-state index in [-0.39, 0.29) is 46.1 Å². The standard InChI is InChI=1S/C22H17ClN2O5/c23-16-9-13(5-7-15(16)22(28)29)17-8-6-14(30-17)10-24-25-20(26)18-11-1-2-12(4-3-11)19(18)21(25)27/h1-2,5-12,18-19H,3-4H2,(H,28,29)/b24-10-/t11-,12-,18-,19+/m0/s1. The number of carboxylic acids is 1. The minimum Gasteiger partial charge on any atom is -0.478 e. The maximum Gasteiger partial charge on any atom is 0.337 e. The number of benzene rings is 1. The fourth-order valence-electron chi connectivity index (χ4n) is 4.71. The number of halogens is 1. The predicted octanol–water partition coefficient (Wildman–Crippen LogP) is 3.83. The Hall–Kier alpha value is -3.19. The number of furan rings is 1. The van der Waals surface area contributed by atoms with Gasteiger partial charge in [-0.2, -0.15) is 10.1 Å². The number of nitrogens with zero attached hydrogens (tertiary/aromatic N) is 2. The molecule has 4 aliphatic rings. The number of carbonyl (C=O) groups is 3. The van der Waals surface area contributed by atoms with Gasteiger partial charge in [0.15, 0.2) is 0 Å². The molecule has 2 bridgehead atoms. The van der Waals surface area contributed by atoms with Crippen LogP contribution in [0.15, 0.2) is 52.0 Å². The average Bonchev–Trinajstić information content (AvgIpc) is 3.31. The van der Waals surface area contributed by atoms with Crippen molar-refractivity contribution < 1.29 is 23.9 Å². The number of hydrogen-bond acceptors (Lipinski definition) is 5. The van der Waals surface area contributed by atoms with Gasteiger partial charge in [-0.05, 0) is 48.9 Å². The zero-order chi connectivity index (χ0) is 21.0. The van der Waals surface area contributed by atoms with Gasteiger partial charge in [0, 0.05) is 5.56 Å². The van der Waals surface area contributed by atoms with E-state index in [1.807, 2.05) is 0 Å². The van der Waals surface area contributed by atoms with Crippen LogP contribution >= 0.6 is 11.6 Å². The Bertz CT molecular complexity index is 1100. The molecule has 2 heterocycles. The fourth-order valence-corrected chi connectivity index (χ4v) is 4.97. The van der Waals surface area contributed by atoms with Gasteiger partial charge >= 0.3 is 5.97 Å². The Balaban J connectivity index is 1.36. The molecule has 152 valence electrons. The maximum absolute atomic E-state index is 12.8. The quantitative estimate of drug-likeness (QED) is 0.456. The highest BCUT2D eigenvalue weighted by Gasteiger charge is 2.56. The van der Waals surface area contributed by atoms with Crippen molar-refractivity contribution in [3.05, 3.63) is 58.8 Å². The number of allylic oxidation sites excluding steroid dienone is 2. The molecule has 6 rings (SSSR count). The first-order chi connectivity index (χ1) is 14.4. The summed E-state index contributed by atoms with van der Waals surface area (Å²) in [5.74, 6) is -1.16. The zero-order valence-corrected chi connectivity index (χ0v) is 16.5. The molecule has 1 aliphatic heterocycles. The van der Waals surface area contributed by atoms with Crippen LogP contribution in [-0.2, 0) is 9.59 Å². The summed E-state index contributed by atoms with van der Waals surface area (Å²) < 4.78 is 5.71. The van der Waals surface area contributed by atoms with E-state index in [1.165, 1.54) is 18.3 Å². The number of amides is 2. The van der Waals surface area contributed by atoms with Gasteiger partial charge in [0.1, 0.15) is 11.5 Å². The van der Waals surface area contributed by atoms with E-state index >= 15 is 0 Å². The maximum atomic E-state index is 12.8. The molecule has 1 saturated heterocycles. The Morgan fingerprint density at radius 1 is 1.10 bits per heavy atom. The molecule has 2 aromatic rings. The minimum atomic E-state index is -1.11. The van der Waals surface area contributed by atoms with Gasteiger partial charge in [-0.1, -0.05) is 29.8 Å². The van der Waals surface area contributed by atoms with E-state index in [9.17, 15) is 14.4 Å². The van der Waals surface area contributed by atoms with Crippen LogP contribution in [0.4, 0.5) is 0 Å². The van der Waals surface area contributed by atoms with Crippen molar-refractivity contribution in [2.45, 2.75) is 12.8 Å². The molecule has 1 saturated carbocycles. The van der Waals surface area contributed by atoms with E-state index in [0.717, 1.165) is 17.9 Å². The lowest BCUT2D eigenvalue weighted by atomic mass is 9.63. The first-order valence-electron chi connectivity index (χ1n) is 9.67. The molecule has 0 radical (unpaired) electrons. The second kappa shape index (κ2) is 6.95. The molecule has 0 spiro atoms. The molecule has 3 aliphatic carbocycles. The van der Waals surface area contributed by atoms with Crippen molar-refractivity contribution in [2.24, 2.45) is 28.8 Å². The Labute approximate surface area is 176 Å². The first-order valence-corrected chi connectivity index (χ1v) is 10.0. The van der Waals surface area contributed by atoms with Gasteiger partial charge in [-0.25, -0.2) is 4.79 Å². The van der Waals surface area contributed by atoms with Crippen molar-refractivity contribution in [2.75, 3.05) is 0 Å². The summed E-state index contributed by atoms with van der Waals surface area (Å²) in [6.07, 6.45) is 7.34. The van der Waals surface area contributed by atoms with Crippen LogP contribution in [0.1, 0.15) is 29.0 Å². The number of rotatable bonds is 4. The molecule has 7 nitrogen and oxygen atoms in total. The van der Waals surface area contributed by atoms with E-state index in [2.05, 4.69) is 17.3 Å². The van der Waals surface area contributed by atoms with Crippen molar-refractivity contribution >= 4 is 35.6 Å². The van der Waals surface area contributed by atoms with Gasteiger partial charge in [-0.3, -0.25) is 9.59 Å². The predicted molar refractivity (Wildman–Crippen MR) is 108 cm³/mol. The molecule has 0 unspecified atom stereocenters. The van der Waals surface area contributed by atoms with Crippen molar-refractivity contribution in [3.63, 3.8) is 0 Å². The minimum absolute atomic E-state index is 0.00439. The average molecular weight is 425 g/mol. The molecule has 1 N–H and O–H groups in total. The molecule has 2 amide bonds. The van der Waals surface area contributed by atoms with Crippen LogP contribution in [0.2, 0.25) is 5.02 Å². The molecule has 4 atom stereocenters. The van der Waals surface area contributed by atoms with E-state index in [0.29, 0.717) is 17.1 Å². The number of aromatic carboxylic acids is 1. The van der Waals surface area contributed by atoms with Crippen LogP contribution in [-0.4, -0.2) is 34.1 Å². The molecule has 2 fully saturated rings. The molecule has 8 heteroatoms. The largest absolute Gasteiger partial charge is 0.478 e. The van der Waals surface area contributed by atoms with Gasteiger partial charge in [-0.15, -0.1) is 0 Å². The number of imide groups is 1. The molecular formula is C22H17ClN2O5. The number of hydrazone groups is 1. The summed E-state index contributed by atoms with van der Waals surface area (Å²) in [5.41, 5.74) is 0.608. The molecular weight excluding hydrogens is 408 g/mol. The van der Waals surface area contributed by atoms with Crippen LogP contribution in [0.25, 0.3) is 11.3 Å². The summed E-state index contributed by atoms with van der Waals surface area (Å²) in [6.45, 7) is 0. The SMILES string of the molecule is O=C(O)c1ccc(-c2ccc(/C=N\N3C(=O)[C@@H]4[C@H](C3=O)[C@H]3C=C[C@H]4CC3)o2)cc1Cl. The summed E-state index contributed by atoms with van der Waals surface area (Å²) >= 11 is 6.01. The van der Waals surface area contributed by atoms with Gasteiger partial charge in [0.25, 0.3) is 11.8 Å². The Morgan fingerprint density at radius 2 is 1.77 bits per heavy atom. The third-order valence-corrected chi connectivity index (χ3v) is 6.46. The lowest BCUT2D eigenvalue weighted by Crippen LogP contribution is -2.38. The Kier molecular flexibility index (Phi) is 4.36. The third-order valence-electron chi connectivity index (χ3n) is 6.15. The van der Waals surface area contributed by atoms with E-state index in [1.54, 1.807) is 18.2 Å². The summed E-state index contributed by atoms with van der Waals surface area (Å²) in [4.78, 5) is 36.6. The second-order valence-electron chi connectivity index (χ2n) is 7.78. The summed E-state index contributed by atoms with van der Waals surface area (Å²) in [5, 5.41) is 14.3. The molecule has 1 aromatic heterocycles. The van der Waals surface area contributed by atoms with E-state index in [4.69, 9.17) is 21.1 Å². The smallest absolute Gasteiger partial charge is 0.337 e. The lowest BCUT2D eigenvalue weighted by molar-refractivity contribution is -0.140. The third kappa shape index (κ3) is 2.89. The normalized spacial score (nSPS) is 27.3. The number of hydrogen-bond donors (Lipinski definition) is 1. The molecule has 1 aromatic carbocycles. The fraction of sp³-hybridized carbons (Fsp3) is 0.273. The van der Waals surface area contributed by atoms with Crippen LogP contribution in [0.3, 0.4) is 0 Å². The zero-order valence-electron chi connectivity index (χ0n) is 15.7. The number of carbonyl (C=O) groups excluding carboxylic acids is 2. The highest BCUT2D eigenvalue weighted by molar-refractivity contribution is 6.33. The van der Waals surface area contributed by atoms with Gasteiger partial charge in [0.05, 0.1) is 28.6 Å². The van der Waals surface area contributed by atoms with E-state index < -0.39 is 5.97 Å². The Morgan fingerprint density at radius 3 is 2.33 bits per heavy atom. The van der Waals surface area contributed by atoms with Crippen LogP contribution in [0, 0.1) is 23.7 Å². The van der Waals surface area contributed by atoms with Gasteiger partial charge < -0.3 is 9.52 Å². The number of carboxylic acid groups (broad SMARTS) is 1. The van der Waals surface area contributed by atoms with Crippen molar-refractivity contribution in [1.82, 2.24) is 5.01 Å². The van der Waals surface area contributed by atoms with Crippen molar-refractivity contribution in [3.8, 4) is 11.3 Å². The highest BCUT2D eigenvalue weighted by atomic mass is 35.5.